The van der Waals surface area contributed by atoms with E-state index in [-0.39, 0.29) is 18.4 Å². The molecule has 2 rings (SSSR count). The average Bonchev–Trinajstić information content (AvgIpc) is 2.60. The maximum absolute atomic E-state index is 12.5. The highest BCUT2D eigenvalue weighted by molar-refractivity contribution is 5.96. The van der Waals surface area contributed by atoms with E-state index in [2.05, 4.69) is 0 Å². The van der Waals surface area contributed by atoms with Crippen LogP contribution in [0.15, 0.2) is 54.6 Å². The van der Waals surface area contributed by atoms with Crippen molar-refractivity contribution in [3.63, 3.8) is 0 Å². The van der Waals surface area contributed by atoms with E-state index in [0.717, 1.165) is 11.1 Å². The van der Waals surface area contributed by atoms with Gasteiger partial charge in [0.25, 0.3) is 5.91 Å². The molecular weight excluding hydrogens is 290 g/mol. The second-order valence-corrected chi connectivity index (χ2v) is 5.07. The van der Waals surface area contributed by atoms with Crippen LogP contribution in [0, 0.1) is 0 Å². The van der Waals surface area contributed by atoms with Crippen molar-refractivity contribution in [3.8, 4) is 11.1 Å². The van der Waals surface area contributed by atoms with Crippen molar-refractivity contribution >= 4 is 11.9 Å². The van der Waals surface area contributed by atoms with Crippen LogP contribution in [-0.4, -0.2) is 36.5 Å². The second-order valence-electron chi connectivity index (χ2n) is 5.07. The van der Waals surface area contributed by atoms with E-state index in [1.54, 1.807) is 19.1 Å². The van der Waals surface area contributed by atoms with Crippen molar-refractivity contribution in [1.29, 1.82) is 0 Å². The van der Waals surface area contributed by atoms with Crippen LogP contribution in [-0.2, 0) is 9.53 Å². The zero-order valence-electron chi connectivity index (χ0n) is 13.5. The molecule has 0 saturated carbocycles. The number of rotatable bonds is 6. The van der Waals surface area contributed by atoms with Crippen LogP contribution >= 0.6 is 0 Å². The number of hydrogen-bond donors (Lipinski definition) is 0. The zero-order valence-corrected chi connectivity index (χ0v) is 13.5. The minimum atomic E-state index is -0.386. The van der Waals surface area contributed by atoms with Crippen molar-refractivity contribution in [2.75, 3.05) is 19.7 Å². The molecular formula is C19H21NO3. The quantitative estimate of drug-likeness (QED) is 0.768. The first-order valence-corrected chi connectivity index (χ1v) is 7.76. The smallest absolute Gasteiger partial charge is 0.325 e. The molecule has 0 aliphatic carbocycles. The first-order chi connectivity index (χ1) is 11.2. The van der Waals surface area contributed by atoms with Gasteiger partial charge < -0.3 is 9.64 Å². The molecule has 120 valence electrons. The van der Waals surface area contributed by atoms with Gasteiger partial charge in [0.05, 0.1) is 6.61 Å². The van der Waals surface area contributed by atoms with E-state index in [4.69, 9.17) is 4.74 Å². The third-order valence-corrected chi connectivity index (χ3v) is 3.53. The molecule has 0 aliphatic heterocycles. The molecule has 0 saturated heterocycles. The molecule has 4 heteroatoms. The third-order valence-electron chi connectivity index (χ3n) is 3.53. The van der Waals surface area contributed by atoms with Crippen molar-refractivity contribution in [2.24, 2.45) is 0 Å². The highest BCUT2D eigenvalue weighted by atomic mass is 16.5. The van der Waals surface area contributed by atoms with Gasteiger partial charge in [0.1, 0.15) is 6.54 Å². The Hall–Kier alpha value is -2.62. The number of benzene rings is 2. The molecule has 0 unspecified atom stereocenters. The van der Waals surface area contributed by atoms with E-state index >= 15 is 0 Å². The van der Waals surface area contributed by atoms with E-state index < -0.39 is 0 Å². The lowest BCUT2D eigenvalue weighted by molar-refractivity contribution is -0.143. The molecule has 0 radical (unpaired) electrons. The summed E-state index contributed by atoms with van der Waals surface area (Å²) in [5, 5.41) is 0. The molecule has 0 heterocycles. The van der Waals surface area contributed by atoms with Crippen LogP contribution in [0.1, 0.15) is 24.2 Å². The molecule has 1 amide bonds. The van der Waals surface area contributed by atoms with Crippen LogP contribution in [0.2, 0.25) is 0 Å². The Morgan fingerprint density at radius 2 is 1.52 bits per heavy atom. The Morgan fingerprint density at radius 1 is 0.913 bits per heavy atom. The normalized spacial score (nSPS) is 10.2. The van der Waals surface area contributed by atoms with Gasteiger partial charge in [-0.15, -0.1) is 0 Å². The first kappa shape index (κ1) is 16.7. The van der Waals surface area contributed by atoms with Gasteiger partial charge in [-0.1, -0.05) is 42.5 Å². The van der Waals surface area contributed by atoms with Crippen LogP contribution in [0.25, 0.3) is 11.1 Å². The van der Waals surface area contributed by atoms with Gasteiger partial charge >= 0.3 is 5.97 Å². The maximum Gasteiger partial charge on any atom is 0.325 e. The van der Waals surface area contributed by atoms with E-state index in [1.165, 1.54) is 4.90 Å². The molecule has 2 aromatic carbocycles. The summed E-state index contributed by atoms with van der Waals surface area (Å²) in [6, 6.07) is 17.4. The average molecular weight is 311 g/mol. The Bertz CT molecular complexity index is 650. The molecule has 23 heavy (non-hydrogen) atoms. The number of amides is 1. The lowest BCUT2D eigenvalue weighted by Crippen LogP contribution is -2.36. The Kier molecular flexibility index (Phi) is 5.92. The van der Waals surface area contributed by atoms with Crippen LogP contribution in [0.3, 0.4) is 0 Å². The van der Waals surface area contributed by atoms with Crippen LogP contribution in [0.5, 0.6) is 0 Å². The number of nitrogens with zero attached hydrogens (tertiary/aromatic N) is 1. The number of carbonyl (C=O) groups excluding carboxylic acids is 2. The first-order valence-electron chi connectivity index (χ1n) is 7.76. The summed E-state index contributed by atoms with van der Waals surface area (Å²) in [4.78, 5) is 25.5. The van der Waals surface area contributed by atoms with Crippen molar-refractivity contribution in [3.05, 3.63) is 60.2 Å². The summed E-state index contributed by atoms with van der Waals surface area (Å²) in [6.07, 6.45) is 0. The highest BCUT2D eigenvalue weighted by Crippen LogP contribution is 2.19. The SMILES string of the molecule is CCOC(=O)CN(CC)C(=O)c1ccc(-c2ccccc2)cc1. The summed E-state index contributed by atoms with van der Waals surface area (Å²) in [6.45, 7) is 4.34. The van der Waals surface area contributed by atoms with Crippen molar-refractivity contribution in [1.82, 2.24) is 4.90 Å². The van der Waals surface area contributed by atoms with Gasteiger partial charge in [0.2, 0.25) is 0 Å². The largest absolute Gasteiger partial charge is 0.465 e. The lowest BCUT2D eigenvalue weighted by atomic mass is 10.0. The molecule has 0 N–H and O–H groups in total. The Balaban J connectivity index is 2.11. The van der Waals surface area contributed by atoms with Gasteiger partial charge in [-0.2, -0.15) is 0 Å². The number of ether oxygens (including phenoxy) is 1. The molecule has 2 aromatic rings. The second kappa shape index (κ2) is 8.13. The van der Waals surface area contributed by atoms with Gasteiger partial charge in [-0.05, 0) is 37.1 Å². The van der Waals surface area contributed by atoms with Gasteiger partial charge in [0, 0.05) is 12.1 Å². The fourth-order valence-corrected chi connectivity index (χ4v) is 2.31. The van der Waals surface area contributed by atoms with Crippen LogP contribution in [0.4, 0.5) is 0 Å². The number of hydrogen-bond acceptors (Lipinski definition) is 3. The van der Waals surface area contributed by atoms with Gasteiger partial charge in [-0.25, -0.2) is 0 Å². The van der Waals surface area contributed by atoms with Gasteiger partial charge in [0.15, 0.2) is 0 Å². The van der Waals surface area contributed by atoms with E-state index in [1.807, 2.05) is 49.4 Å². The van der Waals surface area contributed by atoms with Gasteiger partial charge in [-0.3, -0.25) is 9.59 Å². The number of carbonyl (C=O) groups is 2. The Morgan fingerprint density at radius 3 is 2.09 bits per heavy atom. The van der Waals surface area contributed by atoms with Crippen molar-refractivity contribution in [2.45, 2.75) is 13.8 Å². The minimum Gasteiger partial charge on any atom is -0.465 e. The number of esters is 1. The monoisotopic (exact) mass is 311 g/mol. The predicted octanol–water partition coefficient (Wildman–Crippen LogP) is 3.38. The maximum atomic E-state index is 12.5. The molecule has 0 atom stereocenters. The summed E-state index contributed by atoms with van der Waals surface area (Å²) >= 11 is 0. The highest BCUT2D eigenvalue weighted by Gasteiger charge is 2.17. The molecule has 0 aromatic heterocycles. The lowest BCUT2D eigenvalue weighted by Gasteiger charge is -2.20. The topological polar surface area (TPSA) is 46.6 Å². The summed E-state index contributed by atoms with van der Waals surface area (Å²) in [5.74, 6) is -0.552. The predicted molar refractivity (Wildman–Crippen MR) is 90.1 cm³/mol. The minimum absolute atomic E-state index is 0.0242. The van der Waals surface area contributed by atoms with Crippen LogP contribution < -0.4 is 0 Å². The zero-order chi connectivity index (χ0) is 16.7. The van der Waals surface area contributed by atoms with Crippen molar-refractivity contribution < 1.29 is 14.3 Å². The fraction of sp³-hybridized carbons (Fsp3) is 0.263. The Labute approximate surface area is 136 Å². The summed E-state index contributed by atoms with van der Waals surface area (Å²) in [7, 11) is 0. The van der Waals surface area contributed by atoms with E-state index in [0.29, 0.717) is 18.7 Å². The molecule has 0 bridgehead atoms. The standard InChI is InChI=1S/C19H21NO3/c1-3-20(14-18(21)23-4-2)19(22)17-12-10-16(11-13-17)15-8-6-5-7-9-15/h5-13H,3-4,14H2,1-2H3. The van der Waals surface area contributed by atoms with E-state index in [9.17, 15) is 9.59 Å². The molecule has 0 fully saturated rings. The summed E-state index contributed by atoms with van der Waals surface area (Å²) < 4.78 is 4.90. The molecule has 0 aliphatic rings. The summed E-state index contributed by atoms with van der Waals surface area (Å²) in [5.41, 5.74) is 2.72. The molecule has 0 spiro atoms. The molecule has 4 nitrogen and oxygen atoms in total. The fourth-order valence-electron chi connectivity index (χ4n) is 2.31. The third kappa shape index (κ3) is 4.42. The number of likely N-dealkylation sites (N-methyl/N-ethyl adjacent to an activating group) is 1.